The van der Waals surface area contributed by atoms with Gasteiger partial charge >= 0.3 is 5.51 Å². The van der Waals surface area contributed by atoms with Crippen molar-refractivity contribution in [1.82, 2.24) is 4.90 Å². The fraction of sp³-hybridized carbons (Fsp3) is 0.346. The topological polar surface area (TPSA) is 92.8 Å². The van der Waals surface area contributed by atoms with Crippen molar-refractivity contribution in [2.45, 2.75) is 29.0 Å². The summed E-state index contributed by atoms with van der Waals surface area (Å²) in [6, 6.07) is 8.83. The SMILES string of the molecule is COc1ccc(C(N)=O)cc1NCC#Cc1oc2c(NC3CCN(C)CC3F)cccc2c1SC(F)(F)F. The Labute approximate surface area is 221 Å². The molecule has 4 N–H and O–H groups in total. The van der Waals surface area contributed by atoms with Crippen LogP contribution in [0.5, 0.6) is 5.75 Å². The predicted molar refractivity (Wildman–Crippen MR) is 139 cm³/mol. The summed E-state index contributed by atoms with van der Waals surface area (Å²) < 4.78 is 65.9. The van der Waals surface area contributed by atoms with Gasteiger partial charge in [-0.15, -0.1) is 0 Å². The van der Waals surface area contributed by atoms with Gasteiger partial charge in [0.15, 0.2) is 11.3 Å². The fourth-order valence-electron chi connectivity index (χ4n) is 4.19. The van der Waals surface area contributed by atoms with Crippen molar-refractivity contribution in [2.24, 2.45) is 5.73 Å². The lowest BCUT2D eigenvalue weighted by Crippen LogP contribution is -2.46. The van der Waals surface area contributed by atoms with Crippen molar-refractivity contribution in [1.29, 1.82) is 0 Å². The minimum Gasteiger partial charge on any atom is -0.495 e. The molecule has 7 nitrogen and oxygen atoms in total. The number of para-hydroxylation sites is 1. The van der Waals surface area contributed by atoms with Crippen molar-refractivity contribution in [3.63, 3.8) is 0 Å². The number of alkyl halides is 4. The molecule has 202 valence electrons. The van der Waals surface area contributed by atoms with E-state index in [9.17, 15) is 22.4 Å². The van der Waals surface area contributed by atoms with Crippen molar-refractivity contribution in [3.05, 3.63) is 47.7 Å². The lowest BCUT2D eigenvalue weighted by molar-refractivity contribution is -0.0328. The van der Waals surface area contributed by atoms with Crippen molar-refractivity contribution < 1.29 is 31.5 Å². The molecule has 2 atom stereocenters. The number of carbonyl (C=O) groups is 1. The van der Waals surface area contributed by atoms with Crippen LogP contribution in [-0.2, 0) is 0 Å². The van der Waals surface area contributed by atoms with E-state index in [4.69, 9.17) is 14.9 Å². The number of anilines is 2. The monoisotopic (exact) mass is 550 g/mol. The summed E-state index contributed by atoms with van der Waals surface area (Å²) in [7, 11) is 3.29. The van der Waals surface area contributed by atoms with Crippen LogP contribution in [-0.4, -0.2) is 62.3 Å². The Hall–Kier alpha value is -3.56. The standard InChI is InChI=1S/C26H26F4N4O3S/c1-34-12-10-18(17(27)14-34)33-19-6-3-5-16-23(19)37-22(24(16)38-26(28,29)30)7-4-11-32-20-13-15(25(31)35)8-9-21(20)36-2/h3,5-6,8-9,13,17-18,32-33H,10-12,14H2,1-2H3,(H2,31,35). The molecule has 12 heteroatoms. The Balaban J connectivity index is 1.62. The molecule has 0 radical (unpaired) electrons. The highest BCUT2D eigenvalue weighted by Crippen LogP contribution is 2.45. The number of thioether (sulfide) groups is 1. The van der Waals surface area contributed by atoms with Gasteiger partial charge in [0.1, 0.15) is 11.9 Å². The van der Waals surface area contributed by atoms with Crippen LogP contribution in [0.15, 0.2) is 45.7 Å². The smallest absolute Gasteiger partial charge is 0.446 e. The van der Waals surface area contributed by atoms with Gasteiger partial charge in [-0.25, -0.2) is 4.39 Å². The number of likely N-dealkylation sites (tertiary alicyclic amines) is 1. The predicted octanol–water partition coefficient (Wildman–Crippen LogP) is 5.07. The highest BCUT2D eigenvalue weighted by molar-refractivity contribution is 8.00. The number of nitrogens with one attached hydrogen (secondary N) is 2. The molecule has 1 aliphatic heterocycles. The van der Waals surface area contributed by atoms with E-state index in [0.717, 1.165) is 0 Å². The Morgan fingerprint density at radius 2 is 2.08 bits per heavy atom. The lowest BCUT2D eigenvalue weighted by Gasteiger charge is -2.33. The number of hydrogen-bond acceptors (Lipinski definition) is 7. The highest BCUT2D eigenvalue weighted by Gasteiger charge is 2.34. The van der Waals surface area contributed by atoms with Crippen molar-refractivity contribution >= 4 is 40.0 Å². The van der Waals surface area contributed by atoms with E-state index < -0.39 is 23.6 Å². The molecule has 0 spiro atoms. The number of nitrogens with zero attached hydrogens (tertiary/aromatic N) is 1. The number of amides is 1. The third kappa shape index (κ3) is 6.46. The van der Waals surface area contributed by atoms with Gasteiger partial charge in [0.2, 0.25) is 5.91 Å². The van der Waals surface area contributed by atoms with Gasteiger partial charge in [0.05, 0.1) is 36.0 Å². The molecule has 0 saturated carbocycles. The molecule has 38 heavy (non-hydrogen) atoms. The number of halogens is 4. The Morgan fingerprint density at radius 1 is 1.29 bits per heavy atom. The van der Waals surface area contributed by atoms with E-state index in [0.29, 0.717) is 30.1 Å². The van der Waals surface area contributed by atoms with Gasteiger partial charge in [0, 0.05) is 24.0 Å². The zero-order valence-electron chi connectivity index (χ0n) is 20.6. The molecule has 2 unspecified atom stereocenters. The number of benzene rings is 2. The van der Waals surface area contributed by atoms with Gasteiger partial charge in [-0.2, -0.15) is 13.2 Å². The fourth-order valence-corrected chi connectivity index (χ4v) is 4.88. The average Bonchev–Trinajstić information content (AvgIpc) is 3.20. The van der Waals surface area contributed by atoms with E-state index in [1.54, 1.807) is 18.2 Å². The van der Waals surface area contributed by atoms with E-state index in [1.807, 2.05) is 11.9 Å². The Morgan fingerprint density at radius 3 is 2.76 bits per heavy atom. The van der Waals surface area contributed by atoms with Crippen molar-refractivity contribution in [2.75, 3.05) is 44.4 Å². The van der Waals surface area contributed by atoms with Crippen LogP contribution >= 0.6 is 11.8 Å². The van der Waals surface area contributed by atoms with Crippen LogP contribution in [0.4, 0.5) is 28.9 Å². The second-order valence-corrected chi connectivity index (χ2v) is 9.82. The summed E-state index contributed by atoms with van der Waals surface area (Å²) in [5.74, 6) is 5.09. The first-order chi connectivity index (χ1) is 18.1. The van der Waals surface area contributed by atoms with E-state index in [-0.39, 0.29) is 52.0 Å². The van der Waals surface area contributed by atoms with Gasteiger partial charge in [-0.3, -0.25) is 4.79 Å². The molecule has 4 rings (SSSR count). The summed E-state index contributed by atoms with van der Waals surface area (Å²) in [5, 5.41) is 6.32. The van der Waals surface area contributed by atoms with Gasteiger partial charge < -0.3 is 30.4 Å². The van der Waals surface area contributed by atoms with Gasteiger partial charge in [-0.1, -0.05) is 12.0 Å². The number of rotatable bonds is 7. The van der Waals surface area contributed by atoms with E-state index >= 15 is 0 Å². The number of nitrogens with two attached hydrogens (primary N) is 1. The second-order valence-electron chi connectivity index (χ2n) is 8.74. The molecule has 1 aromatic heterocycles. The Kier molecular flexibility index (Phi) is 8.28. The third-order valence-electron chi connectivity index (χ3n) is 6.03. The third-order valence-corrected chi connectivity index (χ3v) is 6.87. The van der Waals surface area contributed by atoms with Crippen LogP contribution in [0, 0.1) is 11.8 Å². The van der Waals surface area contributed by atoms with Crippen molar-refractivity contribution in [3.8, 4) is 17.6 Å². The van der Waals surface area contributed by atoms with Gasteiger partial charge in [0.25, 0.3) is 0 Å². The maximum Gasteiger partial charge on any atom is 0.446 e. The summed E-state index contributed by atoms with van der Waals surface area (Å²) in [6.07, 6.45) is -0.601. The van der Waals surface area contributed by atoms with Crippen LogP contribution in [0.2, 0.25) is 0 Å². The molecule has 1 saturated heterocycles. The van der Waals surface area contributed by atoms with Crippen LogP contribution in [0.1, 0.15) is 22.5 Å². The molecular formula is C26H26F4N4O3S. The number of ether oxygens (including phenoxy) is 1. The molecule has 0 aliphatic carbocycles. The quantitative estimate of drug-likeness (QED) is 0.215. The number of primary amides is 1. The molecule has 1 amide bonds. The lowest BCUT2D eigenvalue weighted by atomic mass is 10.0. The summed E-state index contributed by atoms with van der Waals surface area (Å²) in [5.41, 5.74) is 2.03. The second kappa shape index (κ2) is 11.4. The maximum atomic E-state index is 14.6. The highest BCUT2D eigenvalue weighted by atomic mass is 32.2. The van der Waals surface area contributed by atoms with E-state index in [2.05, 4.69) is 22.5 Å². The summed E-state index contributed by atoms with van der Waals surface area (Å²) in [6.45, 7) is 0.964. The number of furan rings is 1. The van der Waals surface area contributed by atoms with Crippen LogP contribution in [0.3, 0.4) is 0 Å². The van der Waals surface area contributed by atoms with Crippen LogP contribution in [0.25, 0.3) is 11.0 Å². The number of carbonyl (C=O) groups excluding carboxylic acids is 1. The van der Waals surface area contributed by atoms with E-state index in [1.165, 1.54) is 25.3 Å². The zero-order valence-corrected chi connectivity index (χ0v) is 21.4. The first-order valence-electron chi connectivity index (χ1n) is 11.7. The summed E-state index contributed by atoms with van der Waals surface area (Å²) >= 11 is -0.312. The number of hydrogen-bond donors (Lipinski definition) is 3. The first kappa shape index (κ1) is 27.5. The molecule has 0 bridgehead atoms. The number of fused-ring (bicyclic) bond motifs is 1. The first-order valence-corrected chi connectivity index (χ1v) is 12.5. The molecule has 2 aromatic carbocycles. The largest absolute Gasteiger partial charge is 0.495 e. The minimum atomic E-state index is -4.57. The Bertz CT molecular complexity index is 1380. The molecule has 2 heterocycles. The zero-order chi connectivity index (χ0) is 27.4. The average molecular weight is 551 g/mol. The normalized spacial score (nSPS) is 18.1. The molecule has 3 aromatic rings. The molecule has 1 aliphatic rings. The number of piperidine rings is 1. The maximum absolute atomic E-state index is 14.6. The minimum absolute atomic E-state index is 0.00990. The van der Waals surface area contributed by atoms with Crippen LogP contribution < -0.4 is 21.1 Å². The summed E-state index contributed by atoms with van der Waals surface area (Å²) in [4.78, 5) is 13.2. The molecular weight excluding hydrogens is 524 g/mol. The van der Waals surface area contributed by atoms with Gasteiger partial charge in [-0.05, 0) is 61.5 Å². The molecule has 1 fully saturated rings. The number of methoxy groups -OCH3 is 1.